The molecule has 190 valence electrons. The molecular weight excluding hydrogens is 473 g/mol. The molecule has 0 radical (unpaired) electrons. The number of hydrogen-bond acceptors (Lipinski definition) is 5. The first-order chi connectivity index (χ1) is 17.2. The van der Waals surface area contributed by atoms with Crippen LogP contribution in [-0.2, 0) is 42.1 Å². The van der Waals surface area contributed by atoms with Crippen LogP contribution in [0, 0.1) is 0 Å². The number of ether oxygens (including phenoxy) is 1. The molecule has 8 nitrogen and oxygen atoms in total. The third-order valence-electron chi connectivity index (χ3n) is 7.34. The van der Waals surface area contributed by atoms with E-state index < -0.39 is 11.9 Å². The highest BCUT2D eigenvalue weighted by Gasteiger charge is 2.38. The summed E-state index contributed by atoms with van der Waals surface area (Å²) in [4.78, 5) is 16.2. The predicted octanol–water partition coefficient (Wildman–Crippen LogP) is 3.86. The van der Waals surface area contributed by atoms with Gasteiger partial charge in [-0.3, -0.25) is 14.2 Å². The number of aromatic nitrogens is 4. The molecule has 1 saturated heterocycles. The Morgan fingerprint density at radius 2 is 1.94 bits per heavy atom. The molecule has 0 spiro atoms. The van der Waals surface area contributed by atoms with Crippen molar-refractivity contribution < 1.29 is 22.7 Å². The molecule has 5 heterocycles. The zero-order valence-electron chi connectivity index (χ0n) is 20.2. The normalized spacial score (nSPS) is 18.1. The molecule has 0 atom stereocenters. The van der Waals surface area contributed by atoms with Crippen molar-refractivity contribution in [2.24, 2.45) is 7.05 Å². The van der Waals surface area contributed by atoms with Crippen molar-refractivity contribution in [3.8, 4) is 11.1 Å². The van der Waals surface area contributed by atoms with Crippen LogP contribution in [0.2, 0.25) is 0 Å². The van der Waals surface area contributed by atoms with E-state index in [-0.39, 0.29) is 17.5 Å². The van der Waals surface area contributed by atoms with Crippen molar-refractivity contribution in [3.63, 3.8) is 0 Å². The molecule has 1 fully saturated rings. The summed E-state index contributed by atoms with van der Waals surface area (Å²) >= 11 is 0. The van der Waals surface area contributed by atoms with Crippen LogP contribution in [0.1, 0.15) is 41.9 Å². The van der Waals surface area contributed by atoms with Crippen LogP contribution in [0.5, 0.6) is 0 Å². The minimum Gasteiger partial charge on any atom is -0.377 e. The maximum Gasteiger partial charge on any atom is 0.435 e. The van der Waals surface area contributed by atoms with E-state index >= 15 is 0 Å². The molecule has 0 saturated carbocycles. The lowest BCUT2D eigenvalue weighted by Crippen LogP contribution is -2.37. The number of carbonyl (C=O) groups excluding carboxylic acids is 1. The fourth-order valence-corrected chi connectivity index (χ4v) is 5.47. The standard InChI is InChI=1S/C25H27F3N6O2/c1-15(35)32-9-7-22-20(12-32)24(30-34(22)18-13-36-14-18)33-8-3-4-17-10-16(5-6-21(17)33)19-11-31(2)29-23(19)25(26,27)28/h5-6,10-11,18H,3-4,7-9,12-14H2,1-2H3. The van der Waals surface area contributed by atoms with Gasteiger partial charge in [-0.2, -0.15) is 23.4 Å². The summed E-state index contributed by atoms with van der Waals surface area (Å²) < 4.78 is 49.5. The summed E-state index contributed by atoms with van der Waals surface area (Å²) in [5.74, 6) is 0.862. The van der Waals surface area contributed by atoms with E-state index in [0.717, 1.165) is 54.1 Å². The topological polar surface area (TPSA) is 68.4 Å². The van der Waals surface area contributed by atoms with Crippen LogP contribution in [0.3, 0.4) is 0 Å². The minimum atomic E-state index is -4.53. The second-order valence-corrected chi connectivity index (χ2v) is 9.74. The lowest BCUT2D eigenvalue weighted by Gasteiger charge is -2.33. The summed E-state index contributed by atoms with van der Waals surface area (Å²) in [6.45, 7) is 4.74. The molecule has 0 N–H and O–H groups in total. The number of nitrogens with zero attached hydrogens (tertiary/aromatic N) is 6. The van der Waals surface area contributed by atoms with Crippen molar-refractivity contribution in [2.45, 2.75) is 44.9 Å². The van der Waals surface area contributed by atoms with E-state index in [2.05, 4.69) is 14.7 Å². The molecule has 0 unspecified atom stereocenters. The molecule has 2 aromatic heterocycles. The molecule has 3 aromatic rings. The molecule has 6 rings (SSSR count). The van der Waals surface area contributed by atoms with Crippen LogP contribution >= 0.6 is 0 Å². The van der Waals surface area contributed by atoms with Gasteiger partial charge in [-0.15, -0.1) is 0 Å². The highest BCUT2D eigenvalue weighted by molar-refractivity contribution is 5.77. The van der Waals surface area contributed by atoms with Gasteiger partial charge in [0.05, 0.1) is 25.8 Å². The third kappa shape index (κ3) is 3.76. The van der Waals surface area contributed by atoms with Crippen molar-refractivity contribution >= 4 is 17.4 Å². The summed E-state index contributed by atoms with van der Waals surface area (Å²) in [7, 11) is 1.50. The quantitative estimate of drug-likeness (QED) is 0.547. The number of amides is 1. The summed E-state index contributed by atoms with van der Waals surface area (Å²) in [6.07, 6.45) is -0.766. The van der Waals surface area contributed by atoms with Crippen LogP contribution in [0.25, 0.3) is 11.1 Å². The first-order valence-corrected chi connectivity index (χ1v) is 12.2. The second kappa shape index (κ2) is 8.36. The van der Waals surface area contributed by atoms with Gasteiger partial charge in [-0.25, -0.2) is 0 Å². The Morgan fingerprint density at radius 1 is 1.14 bits per heavy atom. The van der Waals surface area contributed by atoms with Gasteiger partial charge in [0.1, 0.15) is 0 Å². The van der Waals surface area contributed by atoms with E-state index in [1.165, 1.54) is 17.9 Å². The van der Waals surface area contributed by atoms with Crippen LogP contribution in [0.4, 0.5) is 24.7 Å². The van der Waals surface area contributed by atoms with E-state index in [1.54, 1.807) is 13.0 Å². The molecular formula is C25H27F3N6O2. The van der Waals surface area contributed by atoms with Gasteiger partial charge in [-0.1, -0.05) is 6.07 Å². The van der Waals surface area contributed by atoms with Gasteiger partial charge >= 0.3 is 6.18 Å². The Bertz CT molecular complexity index is 1340. The zero-order chi connectivity index (χ0) is 25.2. The van der Waals surface area contributed by atoms with Crippen molar-refractivity contribution in [2.75, 3.05) is 31.2 Å². The Labute approximate surface area is 206 Å². The number of alkyl halides is 3. The number of rotatable bonds is 3. The molecule has 36 heavy (non-hydrogen) atoms. The minimum absolute atomic E-state index is 0.0342. The number of halogens is 3. The molecule has 11 heteroatoms. The van der Waals surface area contributed by atoms with E-state index in [4.69, 9.17) is 9.84 Å². The maximum absolute atomic E-state index is 13.6. The zero-order valence-corrected chi connectivity index (χ0v) is 20.2. The van der Waals surface area contributed by atoms with Crippen molar-refractivity contribution in [3.05, 3.63) is 46.9 Å². The molecule has 1 aromatic carbocycles. The summed E-state index contributed by atoms with van der Waals surface area (Å²) in [6, 6.07) is 5.66. The van der Waals surface area contributed by atoms with E-state index in [0.29, 0.717) is 31.9 Å². The van der Waals surface area contributed by atoms with Gasteiger partial charge in [0.25, 0.3) is 0 Å². The first kappa shape index (κ1) is 23.1. The number of anilines is 2. The smallest absolute Gasteiger partial charge is 0.377 e. The predicted molar refractivity (Wildman–Crippen MR) is 126 cm³/mol. The molecule has 3 aliphatic heterocycles. The van der Waals surface area contributed by atoms with E-state index in [9.17, 15) is 18.0 Å². The van der Waals surface area contributed by atoms with Gasteiger partial charge in [0, 0.05) is 62.2 Å². The van der Waals surface area contributed by atoms with Crippen molar-refractivity contribution in [1.29, 1.82) is 0 Å². The lowest BCUT2D eigenvalue weighted by atomic mass is 9.95. The van der Waals surface area contributed by atoms with Crippen LogP contribution in [-0.4, -0.2) is 56.7 Å². The molecule has 1 amide bonds. The summed E-state index contributed by atoms with van der Waals surface area (Å²) in [5, 5.41) is 8.68. The monoisotopic (exact) mass is 500 g/mol. The highest BCUT2D eigenvalue weighted by Crippen LogP contribution is 2.42. The molecule has 3 aliphatic rings. The lowest BCUT2D eigenvalue weighted by molar-refractivity contribution is -0.141. The van der Waals surface area contributed by atoms with Crippen LogP contribution in [0.15, 0.2) is 24.4 Å². The average molecular weight is 501 g/mol. The third-order valence-corrected chi connectivity index (χ3v) is 7.34. The first-order valence-electron chi connectivity index (χ1n) is 12.2. The fraction of sp³-hybridized carbons (Fsp3) is 0.480. The largest absolute Gasteiger partial charge is 0.435 e. The Balaban J connectivity index is 1.41. The number of aryl methyl sites for hydroxylation is 2. The van der Waals surface area contributed by atoms with Crippen LogP contribution < -0.4 is 4.90 Å². The maximum atomic E-state index is 13.6. The SMILES string of the molecule is CC(=O)N1CCc2c(c(N3CCCc4cc(-c5cn(C)nc5C(F)(F)F)ccc43)nn2C2COC2)C1. The molecule has 0 bridgehead atoms. The number of carbonyl (C=O) groups is 1. The second-order valence-electron chi connectivity index (χ2n) is 9.74. The Kier molecular flexibility index (Phi) is 5.36. The van der Waals surface area contributed by atoms with Gasteiger partial charge < -0.3 is 14.5 Å². The molecule has 0 aliphatic carbocycles. The van der Waals surface area contributed by atoms with Gasteiger partial charge in [-0.05, 0) is 36.1 Å². The summed E-state index contributed by atoms with van der Waals surface area (Å²) in [5.41, 5.74) is 3.81. The fourth-order valence-electron chi connectivity index (χ4n) is 5.47. The van der Waals surface area contributed by atoms with E-state index in [1.807, 2.05) is 17.0 Å². The number of benzene rings is 1. The van der Waals surface area contributed by atoms with Gasteiger partial charge in [0.15, 0.2) is 11.5 Å². The van der Waals surface area contributed by atoms with Crippen molar-refractivity contribution in [1.82, 2.24) is 24.5 Å². The highest BCUT2D eigenvalue weighted by atomic mass is 19.4. The average Bonchev–Trinajstić information content (AvgIpc) is 3.38. The van der Waals surface area contributed by atoms with Gasteiger partial charge in [0.2, 0.25) is 5.91 Å². The Morgan fingerprint density at radius 3 is 2.64 bits per heavy atom. The number of fused-ring (bicyclic) bond motifs is 2. The number of hydrogen-bond donors (Lipinski definition) is 0. The Hall–Kier alpha value is -3.34.